The summed E-state index contributed by atoms with van der Waals surface area (Å²) in [6.45, 7) is 5.49. The second-order valence-corrected chi connectivity index (χ2v) is 9.03. The van der Waals surface area contributed by atoms with Crippen LogP contribution in [0.4, 0.5) is 5.95 Å². The molecule has 2 aromatic heterocycles. The zero-order valence-corrected chi connectivity index (χ0v) is 15.6. The second-order valence-electron chi connectivity index (χ2n) is 9.03. The van der Waals surface area contributed by atoms with Crippen molar-refractivity contribution >= 4 is 5.95 Å². The van der Waals surface area contributed by atoms with Crippen LogP contribution in [0.2, 0.25) is 0 Å². The number of anilines is 1. The zero-order chi connectivity index (χ0) is 17.9. The molecule has 0 aromatic carbocycles. The van der Waals surface area contributed by atoms with Crippen molar-refractivity contribution in [2.45, 2.75) is 63.3 Å². The Balaban J connectivity index is 1.44. The number of hydrogen-bond donors (Lipinski definition) is 2. The molecular weight excluding hydrogens is 326 g/mol. The molecule has 3 aliphatic rings. The van der Waals surface area contributed by atoms with Gasteiger partial charge in [-0.2, -0.15) is 5.10 Å². The largest absolute Gasteiger partial charge is 0.396 e. The number of H-pyrrole nitrogens is 1. The van der Waals surface area contributed by atoms with E-state index in [0.717, 1.165) is 43.1 Å². The fourth-order valence-electron chi connectivity index (χ4n) is 4.73. The average Bonchev–Trinajstić information content (AvgIpc) is 3.11. The molecule has 5 rings (SSSR count). The van der Waals surface area contributed by atoms with Gasteiger partial charge in [0.2, 0.25) is 5.95 Å². The van der Waals surface area contributed by atoms with E-state index in [1.165, 1.54) is 18.5 Å². The molecule has 3 heterocycles. The lowest BCUT2D eigenvalue weighted by Crippen LogP contribution is -2.38. The van der Waals surface area contributed by atoms with E-state index in [1.54, 1.807) is 0 Å². The lowest BCUT2D eigenvalue weighted by molar-refractivity contribution is 0.148. The number of aliphatic hydroxyl groups is 1. The van der Waals surface area contributed by atoms with Crippen LogP contribution in [0.3, 0.4) is 0 Å². The summed E-state index contributed by atoms with van der Waals surface area (Å²) in [5, 5.41) is 17.6. The Morgan fingerprint density at radius 2 is 2.15 bits per heavy atom. The van der Waals surface area contributed by atoms with Crippen LogP contribution in [0.5, 0.6) is 0 Å². The van der Waals surface area contributed by atoms with E-state index in [2.05, 4.69) is 40.0 Å². The zero-order valence-electron chi connectivity index (χ0n) is 15.6. The van der Waals surface area contributed by atoms with Crippen LogP contribution in [0.25, 0.3) is 0 Å². The number of fused-ring (bicyclic) bond motifs is 2. The topological polar surface area (TPSA) is 77.9 Å². The number of hydrogen-bond acceptors (Lipinski definition) is 5. The molecule has 2 aliphatic carbocycles. The first kappa shape index (κ1) is 16.2. The summed E-state index contributed by atoms with van der Waals surface area (Å²) in [7, 11) is 0. The van der Waals surface area contributed by atoms with Crippen molar-refractivity contribution in [1.29, 1.82) is 0 Å². The van der Waals surface area contributed by atoms with Crippen LogP contribution in [0, 0.1) is 5.41 Å². The summed E-state index contributed by atoms with van der Waals surface area (Å²) in [6, 6.07) is 4.68. The van der Waals surface area contributed by atoms with Crippen LogP contribution in [-0.4, -0.2) is 44.5 Å². The lowest BCUT2D eigenvalue weighted by Gasteiger charge is -2.32. The summed E-state index contributed by atoms with van der Waals surface area (Å²) in [5.74, 6) is 1.47. The van der Waals surface area contributed by atoms with Crippen molar-refractivity contribution in [2.75, 3.05) is 18.1 Å². The minimum absolute atomic E-state index is 0.0565. The highest BCUT2D eigenvalue weighted by atomic mass is 16.3. The van der Waals surface area contributed by atoms with Crippen LogP contribution in [0.1, 0.15) is 69.0 Å². The maximum absolute atomic E-state index is 9.81. The number of nitrogens with zero attached hydrogens (tertiary/aromatic N) is 4. The summed E-state index contributed by atoms with van der Waals surface area (Å²) in [6.07, 6.45) is 7.70. The van der Waals surface area contributed by atoms with Crippen LogP contribution in [0.15, 0.2) is 18.3 Å². The number of rotatable bonds is 5. The number of piperidine rings is 1. The van der Waals surface area contributed by atoms with Gasteiger partial charge in [-0.3, -0.25) is 5.10 Å². The van der Waals surface area contributed by atoms with Gasteiger partial charge >= 0.3 is 0 Å². The van der Waals surface area contributed by atoms with Crippen molar-refractivity contribution in [2.24, 2.45) is 5.41 Å². The van der Waals surface area contributed by atoms with Gasteiger partial charge in [0.05, 0.1) is 23.4 Å². The van der Waals surface area contributed by atoms with Crippen molar-refractivity contribution in [1.82, 2.24) is 20.2 Å². The Labute approximate surface area is 154 Å². The highest BCUT2D eigenvalue weighted by molar-refractivity contribution is 5.40. The third-order valence-electron chi connectivity index (χ3n) is 6.75. The van der Waals surface area contributed by atoms with E-state index >= 15 is 0 Å². The van der Waals surface area contributed by atoms with Gasteiger partial charge in [-0.25, -0.2) is 9.97 Å². The second kappa shape index (κ2) is 5.52. The summed E-state index contributed by atoms with van der Waals surface area (Å²) in [4.78, 5) is 11.8. The van der Waals surface area contributed by atoms with Crippen molar-refractivity contribution < 1.29 is 5.11 Å². The van der Waals surface area contributed by atoms with Gasteiger partial charge in [0.15, 0.2) is 0 Å². The normalized spacial score (nSPS) is 28.1. The third kappa shape index (κ3) is 2.46. The highest BCUT2D eigenvalue weighted by Crippen LogP contribution is 2.48. The number of aromatic nitrogens is 4. The average molecular weight is 353 g/mol. The molecule has 2 bridgehead atoms. The molecular formula is C20H27N5O. The molecule has 2 saturated carbocycles. The highest BCUT2D eigenvalue weighted by Gasteiger charge is 2.50. The van der Waals surface area contributed by atoms with Crippen LogP contribution >= 0.6 is 0 Å². The number of nitrogens with one attached hydrogen (secondary N) is 1. The molecule has 6 nitrogen and oxygen atoms in total. The van der Waals surface area contributed by atoms with Gasteiger partial charge < -0.3 is 10.0 Å². The predicted molar refractivity (Wildman–Crippen MR) is 99.2 cm³/mol. The number of aliphatic hydroxyl groups excluding tert-OH is 1. The summed E-state index contributed by atoms with van der Waals surface area (Å²) >= 11 is 0. The maximum Gasteiger partial charge on any atom is 0.225 e. The minimum Gasteiger partial charge on any atom is -0.396 e. The van der Waals surface area contributed by atoms with Crippen molar-refractivity contribution in [3.8, 4) is 0 Å². The third-order valence-corrected chi connectivity index (χ3v) is 6.75. The Kier molecular flexibility index (Phi) is 3.45. The standard InChI is InChI=1S/C20H27N5O/c1-19(2,17-9-15(23-24-17)13-3-4-13)16-6-8-21-18(22-16)25-11-20(12-26)7-5-14(25)10-20/h6,8-9,13-14,26H,3-5,7,10-12H2,1-2H3,(H,23,24). The Bertz CT molecular complexity index is 827. The molecule has 1 aliphatic heterocycles. The Morgan fingerprint density at radius 1 is 1.31 bits per heavy atom. The Morgan fingerprint density at radius 3 is 2.88 bits per heavy atom. The predicted octanol–water partition coefficient (Wildman–Crippen LogP) is 2.75. The monoisotopic (exact) mass is 353 g/mol. The molecule has 2 unspecified atom stereocenters. The van der Waals surface area contributed by atoms with E-state index in [-0.39, 0.29) is 17.4 Å². The van der Waals surface area contributed by atoms with Gasteiger partial charge in [0, 0.05) is 35.8 Å². The van der Waals surface area contributed by atoms with E-state index in [0.29, 0.717) is 12.0 Å². The first-order valence-electron chi connectivity index (χ1n) is 9.78. The van der Waals surface area contributed by atoms with E-state index < -0.39 is 0 Å². The fraction of sp³-hybridized carbons (Fsp3) is 0.650. The van der Waals surface area contributed by atoms with Gasteiger partial charge in [-0.1, -0.05) is 0 Å². The summed E-state index contributed by atoms with van der Waals surface area (Å²) < 4.78 is 0. The van der Waals surface area contributed by atoms with Crippen molar-refractivity contribution in [3.63, 3.8) is 0 Å². The molecule has 2 N–H and O–H groups in total. The number of aromatic amines is 1. The molecule has 6 heteroatoms. The molecule has 2 atom stereocenters. The molecule has 0 amide bonds. The minimum atomic E-state index is -0.269. The van der Waals surface area contributed by atoms with Crippen molar-refractivity contribution in [3.05, 3.63) is 35.4 Å². The molecule has 138 valence electrons. The van der Waals surface area contributed by atoms with Crippen LogP contribution < -0.4 is 4.90 Å². The smallest absolute Gasteiger partial charge is 0.225 e. The molecule has 0 radical (unpaired) electrons. The molecule has 26 heavy (non-hydrogen) atoms. The first-order valence-corrected chi connectivity index (χ1v) is 9.78. The maximum atomic E-state index is 9.81. The van der Waals surface area contributed by atoms with Gasteiger partial charge in [-0.05, 0) is 58.1 Å². The Hall–Kier alpha value is -1.95. The van der Waals surface area contributed by atoms with Gasteiger partial charge in [0.1, 0.15) is 0 Å². The molecule has 3 fully saturated rings. The van der Waals surface area contributed by atoms with Gasteiger partial charge in [0.25, 0.3) is 0 Å². The van der Waals surface area contributed by atoms with E-state index in [4.69, 9.17) is 4.98 Å². The fourth-order valence-corrected chi connectivity index (χ4v) is 4.73. The molecule has 0 spiro atoms. The van der Waals surface area contributed by atoms with Crippen LogP contribution in [-0.2, 0) is 5.41 Å². The lowest BCUT2D eigenvalue weighted by atomic mass is 9.85. The summed E-state index contributed by atoms with van der Waals surface area (Å²) in [5.41, 5.74) is 3.08. The molecule has 1 saturated heterocycles. The van der Waals surface area contributed by atoms with E-state index in [1.807, 2.05) is 12.3 Å². The SMILES string of the molecule is CC(C)(c1cc(C2CC2)[nH]n1)c1ccnc(N2CC3(CO)CCC2C3)n1. The van der Waals surface area contributed by atoms with E-state index in [9.17, 15) is 5.11 Å². The van der Waals surface area contributed by atoms with Gasteiger partial charge in [-0.15, -0.1) is 0 Å². The quantitative estimate of drug-likeness (QED) is 0.864. The first-order chi connectivity index (χ1) is 12.5. The molecule has 2 aromatic rings.